The van der Waals surface area contributed by atoms with Gasteiger partial charge in [0.25, 0.3) is 0 Å². The van der Waals surface area contributed by atoms with Crippen molar-refractivity contribution in [3.05, 3.63) is 29.8 Å². The van der Waals surface area contributed by atoms with Gasteiger partial charge in [0.1, 0.15) is 0 Å². The lowest BCUT2D eigenvalue weighted by Crippen LogP contribution is -2.05. The molecule has 0 amide bonds. The Morgan fingerprint density at radius 2 is 1.81 bits per heavy atom. The first-order valence-corrected chi connectivity index (χ1v) is 7.66. The number of aryl methyl sites for hydroxylation is 1. The average molecular weight is 261 g/mol. The second kappa shape index (κ2) is 6.26. The van der Waals surface area contributed by atoms with Crippen molar-refractivity contribution in [2.24, 2.45) is 0 Å². The van der Waals surface area contributed by atoms with Crippen molar-refractivity contribution in [2.75, 3.05) is 11.6 Å². The Bertz CT molecular complexity index is 409. The molecule has 1 rings (SSSR count). The third-order valence-corrected chi connectivity index (χ3v) is 4.56. The van der Waals surface area contributed by atoms with Crippen LogP contribution in [-0.4, -0.2) is 20.1 Å². The van der Waals surface area contributed by atoms with Crippen LogP contribution in [0.4, 0.5) is 0 Å². The molecule has 0 aliphatic rings. The molecule has 0 fully saturated rings. The van der Waals surface area contributed by atoms with Gasteiger partial charge >= 0.3 is 0 Å². The highest BCUT2D eigenvalue weighted by Crippen LogP contribution is 2.14. The second-order valence-corrected chi connectivity index (χ2v) is 6.24. The molecule has 0 heterocycles. The standard InChI is InChI=1S/C12H17ClO2S/c1-2-10-16(14,15)12-7-5-11(6-8-12)4-3-9-13/h5-8H,2-4,9-10H2,1H3. The number of hydrogen-bond donors (Lipinski definition) is 0. The lowest BCUT2D eigenvalue weighted by Gasteiger charge is -2.04. The molecule has 0 aliphatic carbocycles. The molecule has 0 radical (unpaired) electrons. The first kappa shape index (κ1) is 13.5. The van der Waals surface area contributed by atoms with Crippen LogP contribution in [0.3, 0.4) is 0 Å². The van der Waals surface area contributed by atoms with Crippen molar-refractivity contribution in [3.8, 4) is 0 Å². The quantitative estimate of drug-likeness (QED) is 0.737. The van der Waals surface area contributed by atoms with Crippen LogP contribution in [0.15, 0.2) is 29.2 Å². The van der Waals surface area contributed by atoms with Crippen LogP contribution in [0.1, 0.15) is 25.3 Å². The van der Waals surface area contributed by atoms with E-state index in [1.54, 1.807) is 12.1 Å². The fourth-order valence-electron chi connectivity index (χ4n) is 1.52. The Morgan fingerprint density at radius 1 is 1.19 bits per heavy atom. The van der Waals surface area contributed by atoms with Gasteiger partial charge in [-0.25, -0.2) is 8.42 Å². The van der Waals surface area contributed by atoms with Crippen LogP contribution in [-0.2, 0) is 16.3 Å². The molecule has 0 spiro atoms. The van der Waals surface area contributed by atoms with Crippen molar-refractivity contribution in [1.82, 2.24) is 0 Å². The third kappa shape index (κ3) is 3.80. The minimum Gasteiger partial charge on any atom is -0.224 e. The number of benzene rings is 1. The van der Waals surface area contributed by atoms with Crippen molar-refractivity contribution < 1.29 is 8.42 Å². The maximum Gasteiger partial charge on any atom is 0.178 e. The topological polar surface area (TPSA) is 34.1 Å². The number of rotatable bonds is 6. The molecule has 90 valence electrons. The van der Waals surface area contributed by atoms with Gasteiger partial charge < -0.3 is 0 Å². The summed E-state index contributed by atoms with van der Waals surface area (Å²) in [5.74, 6) is 0.851. The molecular weight excluding hydrogens is 244 g/mol. The third-order valence-electron chi connectivity index (χ3n) is 2.35. The summed E-state index contributed by atoms with van der Waals surface area (Å²) in [6, 6.07) is 7.12. The number of sulfone groups is 1. The number of alkyl halides is 1. The molecule has 2 nitrogen and oxygen atoms in total. The molecule has 16 heavy (non-hydrogen) atoms. The van der Waals surface area contributed by atoms with Gasteiger partial charge in [-0.1, -0.05) is 19.1 Å². The molecule has 1 aromatic carbocycles. The van der Waals surface area contributed by atoms with Crippen molar-refractivity contribution in [3.63, 3.8) is 0 Å². The Morgan fingerprint density at radius 3 is 2.31 bits per heavy atom. The first-order chi connectivity index (χ1) is 7.60. The highest BCUT2D eigenvalue weighted by atomic mass is 35.5. The average Bonchev–Trinajstić information content (AvgIpc) is 2.27. The Labute approximate surface area is 103 Å². The van der Waals surface area contributed by atoms with E-state index in [-0.39, 0.29) is 5.75 Å². The number of hydrogen-bond acceptors (Lipinski definition) is 2. The smallest absolute Gasteiger partial charge is 0.178 e. The molecule has 0 saturated heterocycles. The van der Waals surface area contributed by atoms with Gasteiger partial charge in [-0.3, -0.25) is 0 Å². The second-order valence-electron chi connectivity index (χ2n) is 3.76. The molecule has 4 heteroatoms. The van der Waals surface area contributed by atoms with E-state index in [0.29, 0.717) is 17.2 Å². The van der Waals surface area contributed by atoms with E-state index in [4.69, 9.17) is 11.6 Å². The van der Waals surface area contributed by atoms with Crippen LogP contribution < -0.4 is 0 Å². The lowest BCUT2D eigenvalue weighted by atomic mass is 10.1. The molecule has 0 saturated carbocycles. The molecule has 0 unspecified atom stereocenters. The Balaban J connectivity index is 2.78. The van der Waals surface area contributed by atoms with Gasteiger partial charge in [-0.15, -0.1) is 11.6 Å². The minimum atomic E-state index is -3.07. The van der Waals surface area contributed by atoms with E-state index in [1.165, 1.54) is 0 Å². The van der Waals surface area contributed by atoms with E-state index in [1.807, 2.05) is 19.1 Å². The van der Waals surface area contributed by atoms with Crippen molar-refractivity contribution in [1.29, 1.82) is 0 Å². The van der Waals surface area contributed by atoms with Crippen LogP contribution in [0.2, 0.25) is 0 Å². The van der Waals surface area contributed by atoms with E-state index < -0.39 is 9.84 Å². The lowest BCUT2D eigenvalue weighted by molar-refractivity contribution is 0.594. The summed E-state index contributed by atoms with van der Waals surface area (Å²) in [5, 5.41) is 0. The van der Waals surface area contributed by atoms with Gasteiger partial charge in [-0.05, 0) is 37.0 Å². The predicted molar refractivity (Wildman–Crippen MR) is 67.8 cm³/mol. The summed E-state index contributed by atoms with van der Waals surface area (Å²) in [6.45, 7) is 1.87. The molecule has 0 aliphatic heterocycles. The zero-order chi connectivity index (χ0) is 12.0. The zero-order valence-corrected chi connectivity index (χ0v) is 11.0. The maximum absolute atomic E-state index is 11.7. The van der Waals surface area contributed by atoms with Crippen LogP contribution in [0, 0.1) is 0 Å². The normalized spacial score (nSPS) is 11.6. The SMILES string of the molecule is CCCS(=O)(=O)c1ccc(CCCCl)cc1. The van der Waals surface area contributed by atoms with Gasteiger partial charge in [0.2, 0.25) is 0 Å². The van der Waals surface area contributed by atoms with E-state index >= 15 is 0 Å². The van der Waals surface area contributed by atoms with Gasteiger partial charge in [0.15, 0.2) is 9.84 Å². The van der Waals surface area contributed by atoms with Crippen molar-refractivity contribution >= 4 is 21.4 Å². The molecule has 1 aromatic rings. The summed E-state index contributed by atoms with van der Waals surface area (Å²) in [4.78, 5) is 0.420. The fourth-order valence-corrected chi connectivity index (χ4v) is 2.98. The Hall–Kier alpha value is -0.540. The summed E-state index contributed by atoms with van der Waals surface area (Å²) < 4.78 is 23.5. The fraction of sp³-hybridized carbons (Fsp3) is 0.500. The van der Waals surface area contributed by atoms with Crippen molar-refractivity contribution in [2.45, 2.75) is 31.1 Å². The molecule has 0 atom stereocenters. The Kier molecular flexibility index (Phi) is 5.29. The summed E-state index contributed by atoms with van der Waals surface area (Å²) >= 11 is 5.60. The first-order valence-electron chi connectivity index (χ1n) is 5.48. The summed E-state index contributed by atoms with van der Waals surface area (Å²) in [7, 11) is -3.07. The van der Waals surface area contributed by atoms with E-state index in [0.717, 1.165) is 18.4 Å². The molecule has 0 aromatic heterocycles. The maximum atomic E-state index is 11.7. The van der Waals surface area contributed by atoms with E-state index in [9.17, 15) is 8.42 Å². The highest BCUT2D eigenvalue weighted by molar-refractivity contribution is 7.91. The highest BCUT2D eigenvalue weighted by Gasteiger charge is 2.12. The summed E-state index contributed by atoms with van der Waals surface area (Å²) in [5.41, 5.74) is 1.14. The van der Waals surface area contributed by atoms with Gasteiger partial charge in [0, 0.05) is 5.88 Å². The van der Waals surface area contributed by atoms with Gasteiger partial charge in [0.05, 0.1) is 10.6 Å². The zero-order valence-electron chi connectivity index (χ0n) is 9.45. The van der Waals surface area contributed by atoms with E-state index in [2.05, 4.69) is 0 Å². The van der Waals surface area contributed by atoms with Crippen LogP contribution in [0.25, 0.3) is 0 Å². The van der Waals surface area contributed by atoms with Gasteiger partial charge in [-0.2, -0.15) is 0 Å². The minimum absolute atomic E-state index is 0.216. The summed E-state index contributed by atoms with van der Waals surface area (Å²) in [6.07, 6.45) is 2.47. The number of halogens is 1. The molecule has 0 N–H and O–H groups in total. The predicted octanol–water partition coefficient (Wildman–Crippen LogP) is 3.04. The molecular formula is C12H17ClO2S. The van der Waals surface area contributed by atoms with Crippen LogP contribution in [0.5, 0.6) is 0 Å². The monoisotopic (exact) mass is 260 g/mol. The largest absolute Gasteiger partial charge is 0.224 e. The van der Waals surface area contributed by atoms with Crippen LogP contribution >= 0.6 is 11.6 Å². The molecule has 0 bridgehead atoms.